The number of benzene rings is 1. The number of phenols is 1. The lowest BCUT2D eigenvalue weighted by molar-refractivity contribution is -0.199. The molecular formula is C29H40N4O8. The van der Waals surface area contributed by atoms with Crippen LogP contribution in [-0.2, 0) is 20.9 Å². The summed E-state index contributed by atoms with van der Waals surface area (Å²) in [6.45, 7) is 3.95. The number of likely N-dealkylation sites (N-methyl/N-ethyl adjacent to an activating group) is 1. The van der Waals surface area contributed by atoms with E-state index in [1.165, 1.54) is 19.0 Å². The smallest absolute Gasteiger partial charge is 0.230 e. The van der Waals surface area contributed by atoms with Crippen LogP contribution in [0.25, 0.3) is 5.76 Å². The molecule has 4 aliphatic rings. The highest BCUT2D eigenvalue weighted by Crippen LogP contribution is 2.56. The standard InChI is InChI=1S/C29H40N4O8/c1-12-15-6-5-13(11-31-14-7-9-33(4)10-8-14)22(34)17(15)23(35)18-16(12)24(36)20-21(32(2)3)25(37)19(28(30)40)27(39)29(20,41)26(18)38/h5-6,12,14,16,19-21,24-25,31,34-37,41H,7-11H2,1-4H3,(H2,30,40)/t12-,16+,19?,20+,21-,24-,25?,29-/m0/s1. The van der Waals surface area contributed by atoms with Gasteiger partial charge in [0.05, 0.1) is 17.8 Å². The monoisotopic (exact) mass is 572 g/mol. The molecule has 5 rings (SSSR count). The van der Waals surface area contributed by atoms with Crippen LogP contribution in [0.4, 0.5) is 0 Å². The number of nitrogens with two attached hydrogens (primary N) is 1. The maximum absolute atomic E-state index is 14.1. The van der Waals surface area contributed by atoms with Crippen LogP contribution in [-0.4, -0.2) is 117 Å². The predicted octanol–water partition coefficient (Wildman–Crippen LogP) is -1.16. The number of hydrogen-bond acceptors (Lipinski definition) is 11. The molecule has 0 radical (unpaired) electrons. The molecule has 1 amide bonds. The largest absolute Gasteiger partial charge is 0.507 e. The average molecular weight is 573 g/mol. The van der Waals surface area contributed by atoms with Crippen molar-refractivity contribution in [2.45, 2.75) is 62.1 Å². The van der Waals surface area contributed by atoms with Crippen LogP contribution in [0.15, 0.2) is 17.7 Å². The van der Waals surface area contributed by atoms with Crippen LogP contribution < -0.4 is 11.1 Å². The van der Waals surface area contributed by atoms with Crippen LogP contribution in [0.2, 0.25) is 0 Å². The Labute approximate surface area is 238 Å². The second-order valence-corrected chi connectivity index (χ2v) is 12.4. The molecule has 2 saturated carbocycles. The Hall–Kier alpha value is -2.87. The molecule has 0 bridgehead atoms. The van der Waals surface area contributed by atoms with Crippen molar-refractivity contribution < 1.29 is 39.9 Å². The van der Waals surface area contributed by atoms with Gasteiger partial charge in [-0.15, -0.1) is 0 Å². The number of phenolic OH excluding ortho intramolecular Hbond substituents is 1. The van der Waals surface area contributed by atoms with E-state index in [0.29, 0.717) is 17.7 Å². The number of amides is 1. The fraction of sp³-hybridized carbons (Fsp3) is 0.621. The maximum Gasteiger partial charge on any atom is 0.230 e. The lowest BCUT2D eigenvalue weighted by atomic mass is 9.51. The number of Topliss-reactive ketones (excluding diaryl/α,β-unsaturated/α-hetero) is 2. The third kappa shape index (κ3) is 4.31. The molecule has 1 aromatic carbocycles. The molecule has 1 aromatic rings. The lowest BCUT2D eigenvalue weighted by Crippen LogP contribution is -2.76. The minimum absolute atomic E-state index is 0.00734. The highest BCUT2D eigenvalue weighted by molar-refractivity contribution is 6.25. The van der Waals surface area contributed by atoms with Gasteiger partial charge < -0.3 is 46.4 Å². The second kappa shape index (κ2) is 10.4. The summed E-state index contributed by atoms with van der Waals surface area (Å²) in [6.07, 6.45) is -1.36. The van der Waals surface area contributed by atoms with Gasteiger partial charge in [-0.05, 0) is 58.6 Å². The minimum atomic E-state index is -2.94. The Bertz CT molecular complexity index is 1310. The number of carbonyl (C=O) groups excluding carboxylic acids is 3. The molecular weight excluding hydrogens is 532 g/mol. The number of ketones is 2. The Morgan fingerprint density at radius 3 is 2.37 bits per heavy atom. The number of aliphatic hydroxyl groups is 4. The van der Waals surface area contributed by atoms with E-state index in [4.69, 9.17) is 5.73 Å². The Kier molecular flexibility index (Phi) is 7.54. The number of rotatable bonds is 5. The zero-order valence-electron chi connectivity index (χ0n) is 23.7. The first-order valence-electron chi connectivity index (χ1n) is 14.1. The zero-order chi connectivity index (χ0) is 30.1. The van der Waals surface area contributed by atoms with Gasteiger partial charge in [0.2, 0.25) is 11.7 Å². The molecule has 3 fully saturated rings. The SMILES string of the molecule is C[C@H]1c2ccc(CNC3CCN(C)CC3)c(O)c2C(O)=C2C(=O)[C@]3(O)C(=O)C(C(N)=O)C(O)[C@@H](N(C)C)[C@@H]3[C@@H](O)[C@@H]21. The first-order chi connectivity index (χ1) is 19.2. The molecule has 0 spiro atoms. The van der Waals surface area contributed by atoms with Crippen LogP contribution in [0.1, 0.15) is 42.4 Å². The summed E-state index contributed by atoms with van der Waals surface area (Å²) in [4.78, 5) is 43.5. The number of carbonyl (C=O) groups is 3. The molecule has 8 N–H and O–H groups in total. The van der Waals surface area contributed by atoms with Gasteiger partial charge in [-0.1, -0.05) is 19.1 Å². The van der Waals surface area contributed by atoms with Crippen LogP contribution in [0.5, 0.6) is 5.75 Å². The van der Waals surface area contributed by atoms with Crippen LogP contribution in [0.3, 0.4) is 0 Å². The number of piperidine rings is 1. The number of nitrogens with zero attached hydrogens (tertiary/aromatic N) is 2. The molecule has 41 heavy (non-hydrogen) atoms. The molecule has 1 aliphatic heterocycles. The van der Waals surface area contributed by atoms with E-state index in [1.54, 1.807) is 19.1 Å². The summed E-state index contributed by atoms with van der Waals surface area (Å²) in [5.41, 5.74) is 3.09. The number of nitrogens with one attached hydrogen (secondary N) is 1. The van der Waals surface area contributed by atoms with E-state index in [2.05, 4.69) is 17.3 Å². The highest BCUT2D eigenvalue weighted by Gasteiger charge is 2.71. The van der Waals surface area contributed by atoms with E-state index >= 15 is 0 Å². The molecule has 1 saturated heterocycles. The summed E-state index contributed by atoms with van der Waals surface area (Å²) < 4.78 is 0. The molecule has 1 heterocycles. The van der Waals surface area contributed by atoms with E-state index in [0.717, 1.165) is 25.9 Å². The van der Waals surface area contributed by atoms with Crippen molar-refractivity contribution in [3.8, 4) is 5.75 Å². The Morgan fingerprint density at radius 1 is 1.15 bits per heavy atom. The normalized spacial score (nSPS) is 36.2. The van der Waals surface area contributed by atoms with Crippen molar-refractivity contribution in [2.24, 2.45) is 23.5 Å². The Morgan fingerprint density at radius 2 is 1.78 bits per heavy atom. The minimum Gasteiger partial charge on any atom is -0.507 e. The van der Waals surface area contributed by atoms with E-state index in [-0.39, 0.29) is 17.4 Å². The summed E-state index contributed by atoms with van der Waals surface area (Å²) in [7, 11) is 5.12. The molecule has 3 aliphatic carbocycles. The average Bonchev–Trinajstić information content (AvgIpc) is 2.90. The topological polar surface area (TPSA) is 197 Å². The van der Waals surface area contributed by atoms with Gasteiger partial charge in [0.1, 0.15) is 17.4 Å². The first-order valence-corrected chi connectivity index (χ1v) is 14.1. The zero-order valence-corrected chi connectivity index (χ0v) is 23.7. The van der Waals surface area contributed by atoms with E-state index in [1.807, 2.05) is 0 Å². The summed E-state index contributed by atoms with van der Waals surface area (Å²) in [6, 6.07) is 2.55. The summed E-state index contributed by atoms with van der Waals surface area (Å²) in [5.74, 6) is -9.67. The Balaban J connectivity index is 1.58. The molecule has 12 nitrogen and oxygen atoms in total. The quantitative estimate of drug-likeness (QED) is 0.210. The molecule has 224 valence electrons. The third-order valence-corrected chi connectivity index (χ3v) is 9.88. The summed E-state index contributed by atoms with van der Waals surface area (Å²) in [5, 5.41) is 60.7. The van der Waals surface area contributed by atoms with Crippen LogP contribution in [0, 0.1) is 17.8 Å². The second-order valence-electron chi connectivity index (χ2n) is 12.4. The highest BCUT2D eigenvalue weighted by atomic mass is 16.3. The van der Waals surface area contributed by atoms with Gasteiger partial charge >= 0.3 is 0 Å². The third-order valence-electron chi connectivity index (χ3n) is 9.88. The number of aromatic hydroxyl groups is 1. The van der Waals surface area contributed by atoms with Gasteiger partial charge in [-0.2, -0.15) is 0 Å². The van der Waals surface area contributed by atoms with Crippen molar-refractivity contribution in [1.29, 1.82) is 0 Å². The van der Waals surface area contributed by atoms with Crippen molar-refractivity contribution >= 4 is 23.2 Å². The van der Waals surface area contributed by atoms with Gasteiger partial charge in [0, 0.05) is 41.6 Å². The number of aliphatic hydroxyl groups excluding tert-OH is 3. The molecule has 0 aromatic heterocycles. The van der Waals surface area contributed by atoms with E-state index < -0.39 is 76.3 Å². The van der Waals surface area contributed by atoms with E-state index in [9.17, 15) is 39.9 Å². The van der Waals surface area contributed by atoms with Gasteiger partial charge in [0.25, 0.3) is 0 Å². The first kappa shape index (κ1) is 29.6. The molecule has 2 unspecified atom stereocenters. The van der Waals surface area contributed by atoms with Crippen molar-refractivity contribution in [3.05, 3.63) is 34.4 Å². The predicted molar refractivity (Wildman–Crippen MR) is 148 cm³/mol. The number of hydrogen-bond donors (Lipinski definition) is 7. The summed E-state index contributed by atoms with van der Waals surface area (Å²) >= 11 is 0. The van der Waals surface area contributed by atoms with Gasteiger partial charge in [-0.3, -0.25) is 14.4 Å². The number of likely N-dealkylation sites (tertiary alicyclic amines) is 1. The fourth-order valence-corrected chi connectivity index (χ4v) is 7.63. The molecule has 12 heteroatoms. The fourth-order valence-electron chi connectivity index (χ4n) is 7.63. The van der Waals surface area contributed by atoms with Gasteiger partial charge in [0.15, 0.2) is 11.4 Å². The van der Waals surface area contributed by atoms with Crippen molar-refractivity contribution in [2.75, 3.05) is 34.2 Å². The lowest BCUT2D eigenvalue weighted by Gasteiger charge is -2.56. The number of fused-ring (bicyclic) bond motifs is 3. The van der Waals surface area contributed by atoms with Gasteiger partial charge in [-0.25, -0.2) is 0 Å². The van der Waals surface area contributed by atoms with Crippen molar-refractivity contribution in [3.63, 3.8) is 0 Å². The van der Waals surface area contributed by atoms with Crippen LogP contribution >= 0.6 is 0 Å². The maximum atomic E-state index is 14.1. The van der Waals surface area contributed by atoms with Crippen molar-refractivity contribution in [1.82, 2.24) is 15.1 Å². The number of primary amides is 1. The molecule has 8 atom stereocenters.